The third kappa shape index (κ3) is 4.21. The third-order valence-electron chi connectivity index (χ3n) is 4.41. The second-order valence-corrected chi connectivity index (χ2v) is 6.29. The molecule has 116 valence electrons. The van der Waals surface area contributed by atoms with Crippen LogP contribution in [-0.4, -0.2) is 26.4 Å². The van der Waals surface area contributed by atoms with E-state index in [1.807, 2.05) is 0 Å². The molecule has 1 aromatic carbocycles. The average molecular weight is 289 g/mol. The minimum Gasteiger partial charge on any atom is -0.493 e. The normalized spacial score (nSPS) is 17.6. The molecule has 0 saturated heterocycles. The molecule has 0 amide bonds. The Bertz CT molecular complexity index is 469. The summed E-state index contributed by atoms with van der Waals surface area (Å²) < 4.78 is 11.2. The maximum atomic E-state index is 6.06. The number of nitrogens with one attached hydrogen (secondary N) is 1. The maximum Gasteiger partial charge on any atom is 0.123 e. The molecule has 0 atom stereocenters. The monoisotopic (exact) mass is 289 g/mol. The van der Waals surface area contributed by atoms with Gasteiger partial charge in [-0.25, -0.2) is 0 Å². The van der Waals surface area contributed by atoms with Crippen LogP contribution in [0.5, 0.6) is 5.75 Å². The Kier molecular flexibility index (Phi) is 5.15. The third-order valence-corrected chi connectivity index (χ3v) is 4.41. The number of methoxy groups -OCH3 is 1. The molecule has 1 saturated carbocycles. The van der Waals surface area contributed by atoms with E-state index in [0.29, 0.717) is 0 Å². The molecule has 3 rings (SSSR count). The van der Waals surface area contributed by atoms with Gasteiger partial charge in [-0.05, 0) is 61.3 Å². The summed E-state index contributed by atoms with van der Waals surface area (Å²) in [4.78, 5) is 0. The van der Waals surface area contributed by atoms with Crippen LogP contribution in [0.3, 0.4) is 0 Å². The summed E-state index contributed by atoms with van der Waals surface area (Å²) in [6.07, 6.45) is 8.62. The molecule has 2 aliphatic rings. The minimum atomic E-state index is 0.750. The van der Waals surface area contributed by atoms with Gasteiger partial charge in [0.1, 0.15) is 5.75 Å². The number of aryl methyl sites for hydroxylation is 1. The van der Waals surface area contributed by atoms with E-state index < -0.39 is 0 Å². The van der Waals surface area contributed by atoms with Gasteiger partial charge in [0.25, 0.3) is 0 Å². The maximum absolute atomic E-state index is 6.06. The lowest BCUT2D eigenvalue weighted by molar-refractivity contribution is 0.171. The number of benzene rings is 1. The summed E-state index contributed by atoms with van der Waals surface area (Å²) in [7, 11) is 1.74. The Hall–Kier alpha value is -1.06. The largest absolute Gasteiger partial charge is 0.493 e. The van der Waals surface area contributed by atoms with Crippen LogP contribution in [0.15, 0.2) is 12.1 Å². The first-order valence-corrected chi connectivity index (χ1v) is 8.36. The molecular weight excluding hydrogens is 262 g/mol. The minimum absolute atomic E-state index is 0.750. The van der Waals surface area contributed by atoms with Crippen molar-refractivity contribution in [2.45, 2.75) is 57.5 Å². The van der Waals surface area contributed by atoms with Crippen LogP contribution in [0.25, 0.3) is 0 Å². The van der Waals surface area contributed by atoms with Gasteiger partial charge in [-0.3, -0.25) is 0 Å². The standard InChI is InChI=1S/C18H27NO2/c1-20-9-4-10-21-18-12-14(13-19-16-7-8-16)11-15-5-2-3-6-17(15)18/h11-12,16,19H,2-10,13H2,1H3. The van der Waals surface area contributed by atoms with Crippen LogP contribution in [0, 0.1) is 0 Å². The van der Waals surface area contributed by atoms with Crippen molar-refractivity contribution < 1.29 is 9.47 Å². The Morgan fingerprint density at radius 3 is 2.81 bits per heavy atom. The Morgan fingerprint density at radius 2 is 2.00 bits per heavy atom. The van der Waals surface area contributed by atoms with Crippen molar-refractivity contribution in [2.24, 2.45) is 0 Å². The zero-order chi connectivity index (χ0) is 14.5. The van der Waals surface area contributed by atoms with Gasteiger partial charge >= 0.3 is 0 Å². The van der Waals surface area contributed by atoms with Crippen molar-refractivity contribution in [3.63, 3.8) is 0 Å². The van der Waals surface area contributed by atoms with E-state index in [1.54, 1.807) is 7.11 Å². The van der Waals surface area contributed by atoms with Crippen LogP contribution in [0.1, 0.15) is 48.8 Å². The van der Waals surface area contributed by atoms with Crippen LogP contribution < -0.4 is 10.1 Å². The van der Waals surface area contributed by atoms with E-state index >= 15 is 0 Å². The fraction of sp³-hybridized carbons (Fsp3) is 0.667. The van der Waals surface area contributed by atoms with Gasteiger partial charge in [-0.1, -0.05) is 6.07 Å². The summed E-state index contributed by atoms with van der Waals surface area (Å²) in [5.74, 6) is 1.12. The molecular formula is C18H27NO2. The number of hydrogen-bond donors (Lipinski definition) is 1. The van der Waals surface area contributed by atoms with Gasteiger partial charge in [0.05, 0.1) is 6.61 Å². The van der Waals surface area contributed by atoms with Crippen LogP contribution in [0.2, 0.25) is 0 Å². The molecule has 0 spiro atoms. The van der Waals surface area contributed by atoms with Crippen LogP contribution in [-0.2, 0) is 24.1 Å². The van der Waals surface area contributed by atoms with Crippen molar-refractivity contribution in [3.05, 3.63) is 28.8 Å². The van der Waals surface area contributed by atoms with Gasteiger partial charge in [-0.15, -0.1) is 0 Å². The van der Waals surface area contributed by atoms with E-state index in [4.69, 9.17) is 9.47 Å². The molecule has 0 heterocycles. The highest BCUT2D eigenvalue weighted by molar-refractivity contribution is 5.45. The summed E-state index contributed by atoms with van der Waals surface area (Å²) in [5, 5.41) is 3.61. The molecule has 3 heteroatoms. The van der Waals surface area contributed by atoms with Crippen molar-refractivity contribution in [3.8, 4) is 5.75 Å². The summed E-state index contributed by atoms with van der Waals surface area (Å²) in [6.45, 7) is 2.50. The van der Waals surface area contributed by atoms with Crippen LogP contribution in [0.4, 0.5) is 0 Å². The molecule has 0 unspecified atom stereocenters. The Balaban J connectivity index is 1.69. The number of ether oxygens (including phenoxy) is 2. The second-order valence-electron chi connectivity index (χ2n) is 6.29. The first kappa shape index (κ1) is 14.9. The van der Waals surface area contributed by atoms with E-state index in [0.717, 1.165) is 38.0 Å². The lowest BCUT2D eigenvalue weighted by Crippen LogP contribution is -2.16. The first-order valence-electron chi connectivity index (χ1n) is 8.36. The van der Waals surface area contributed by atoms with Gasteiger partial charge in [0.15, 0.2) is 0 Å². The zero-order valence-corrected chi connectivity index (χ0v) is 13.1. The molecule has 1 aromatic rings. The first-order chi connectivity index (χ1) is 10.4. The molecule has 0 aromatic heterocycles. The molecule has 21 heavy (non-hydrogen) atoms. The molecule has 1 fully saturated rings. The Morgan fingerprint density at radius 1 is 1.14 bits per heavy atom. The summed E-state index contributed by atoms with van der Waals surface area (Å²) in [6, 6.07) is 5.41. The summed E-state index contributed by atoms with van der Waals surface area (Å²) in [5.41, 5.74) is 4.34. The Labute approximate surface area is 128 Å². The predicted molar refractivity (Wildman–Crippen MR) is 84.9 cm³/mol. The van der Waals surface area contributed by atoms with Gasteiger partial charge in [-0.2, -0.15) is 0 Å². The van der Waals surface area contributed by atoms with E-state index in [-0.39, 0.29) is 0 Å². The van der Waals surface area contributed by atoms with Crippen molar-refractivity contribution in [1.82, 2.24) is 5.32 Å². The van der Waals surface area contributed by atoms with Crippen molar-refractivity contribution in [2.75, 3.05) is 20.3 Å². The molecule has 0 bridgehead atoms. The second kappa shape index (κ2) is 7.28. The fourth-order valence-corrected chi connectivity index (χ4v) is 3.06. The van der Waals surface area contributed by atoms with E-state index in [1.165, 1.54) is 55.2 Å². The highest BCUT2D eigenvalue weighted by Gasteiger charge is 2.21. The molecule has 0 radical (unpaired) electrons. The lowest BCUT2D eigenvalue weighted by Gasteiger charge is -2.21. The van der Waals surface area contributed by atoms with Gasteiger partial charge in [0.2, 0.25) is 0 Å². The van der Waals surface area contributed by atoms with Gasteiger partial charge < -0.3 is 14.8 Å². The molecule has 2 aliphatic carbocycles. The van der Waals surface area contributed by atoms with Gasteiger partial charge in [0, 0.05) is 32.7 Å². The number of hydrogen-bond acceptors (Lipinski definition) is 3. The highest BCUT2D eigenvalue weighted by Crippen LogP contribution is 2.32. The fourth-order valence-electron chi connectivity index (χ4n) is 3.06. The average Bonchev–Trinajstić information content (AvgIpc) is 3.34. The van der Waals surface area contributed by atoms with Crippen molar-refractivity contribution in [1.29, 1.82) is 0 Å². The number of rotatable bonds is 8. The van der Waals surface area contributed by atoms with E-state index in [9.17, 15) is 0 Å². The molecule has 1 N–H and O–H groups in total. The summed E-state index contributed by atoms with van der Waals surface area (Å²) >= 11 is 0. The van der Waals surface area contributed by atoms with E-state index in [2.05, 4.69) is 17.4 Å². The van der Waals surface area contributed by atoms with Crippen molar-refractivity contribution >= 4 is 0 Å². The topological polar surface area (TPSA) is 30.5 Å². The smallest absolute Gasteiger partial charge is 0.123 e. The number of fused-ring (bicyclic) bond motifs is 1. The molecule has 3 nitrogen and oxygen atoms in total. The van der Waals surface area contributed by atoms with Crippen LogP contribution >= 0.6 is 0 Å². The SMILES string of the molecule is COCCCOc1cc(CNC2CC2)cc2c1CCCC2. The quantitative estimate of drug-likeness (QED) is 0.745. The molecule has 0 aliphatic heterocycles. The highest BCUT2D eigenvalue weighted by atomic mass is 16.5. The predicted octanol–water partition coefficient (Wildman–Crippen LogP) is 3.23. The zero-order valence-electron chi connectivity index (χ0n) is 13.1. The lowest BCUT2D eigenvalue weighted by atomic mass is 9.89.